The summed E-state index contributed by atoms with van der Waals surface area (Å²) in [5, 5.41) is 2.93. The van der Waals surface area contributed by atoms with Crippen molar-refractivity contribution in [1.29, 1.82) is 0 Å². The molecule has 2 rings (SSSR count). The van der Waals surface area contributed by atoms with Gasteiger partial charge in [-0.2, -0.15) is 0 Å². The molecule has 0 spiro atoms. The van der Waals surface area contributed by atoms with Crippen LogP contribution in [0, 0.1) is 0 Å². The fraction of sp³-hybridized carbons (Fsp3) is 0.500. The van der Waals surface area contributed by atoms with Gasteiger partial charge in [0.25, 0.3) is 0 Å². The van der Waals surface area contributed by atoms with Crippen molar-refractivity contribution in [2.45, 2.75) is 19.8 Å². The summed E-state index contributed by atoms with van der Waals surface area (Å²) < 4.78 is 4.96. The molecule has 1 N–H and O–H groups in total. The van der Waals surface area contributed by atoms with Gasteiger partial charge in [-0.1, -0.05) is 0 Å². The molecule has 108 valence electrons. The number of rotatable bonds is 5. The van der Waals surface area contributed by atoms with Crippen LogP contribution in [0.25, 0.3) is 0 Å². The maximum absolute atomic E-state index is 11.9. The highest BCUT2D eigenvalue weighted by molar-refractivity contribution is 5.95. The van der Waals surface area contributed by atoms with Crippen molar-refractivity contribution in [3.8, 4) is 0 Å². The Bertz CT molecular complexity index is 484. The second kappa shape index (κ2) is 6.88. The van der Waals surface area contributed by atoms with E-state index in [0.717, 1.165) is 25.9 Å². The minimum Gasteiger partial charge on any atom is -0.462 e. The zero-order chi connectivity index (χ0) is 14.4. The van der Waals surface area contributed by atoms with Crippen LogP contribution in [0.1, 0.15) is 30.1 Å². The summed E-state index contributed by atoms with van der Waals surface area (Å²) >= 11 is 0. The van der Waals surface area contributed by atoms with Crippen LogP contribution in [0.3, 0.4) is 0 Å². The van der Waals surface area contributed by atoms with Crippen molar-refractivity contribution in [2.75, 3.05) is 31.6 Å². The van der Waals surface area contributed by atoms with Crippen molar-refractivity contribution >= 4 is 17.7 Å². The zero-order valence-electron chi connectivity index (χ0n) is 11.6. The smallest absolute Gasteiger partial charge is 0.341 e. The predicted molar refractivity (Wildman–Crippen MR) is 74.5 cm³/mol. The van der Waals surface area contributed by atoms with Crippen LogP contribution in [0.15, 0.2) is 18.3 Å². The summed E-state index contributed by atoms with van der Waals surface area (Å²) in [6, 6.07) is 3.30. The molecule has 2 heterocycles. The zero-order valence-corrected chi connectivity index (χ0v) is 11.6. The Kier molecular flexibility index (Phi) is 4.92. The number of nitrogens with zero attached hydrogens (tertiary/aromatic N) is 2. The van der Waals surface area contributed by atoms with Crippen LogP contribution in [-0.2, 0) is 9.53 Å². The third-order valence-electron chi connectivity index (χ3n) is 3.17. The first-order valence-corrected chi connectivity index (χ1v) is 6.86. The number of nitrogens with one attached hydrogen (secondary N) is 1. The molecule has 1 aliphatic rings. The molecule has 0 radical (unpaired) electrons. The van der Waals surface area contributed by atoms with Crippen LogP contribution >= 0.6 is 0 Å². The van der Waals surface area contributed by atoms with Gasteiger partial charge < -0.3 is 15.0 Å². The monoisotopic (exact) mass is 277 g/mol. The van der Waals surface area contributed by atoms with Gasteiger partial charge in [0, 0.05) is 19.3 Å². The summed E-state index contributed by atoms with van der Waals surface area (Å²) in [6.07, 6.45) is 3.69. The molecular formula is C14H19N3O3. The van der Waals surface area contributed by atoms with Gasteiger partial charge in [0.2, 0.25) is 5.91 Å². The number of likely N-dealkylation sites (tertiary alicyclic amines) is 1. The lowest BCUT2D eigenvalue weighted by Gasteiger charge is -2.16. The van der Waals surface area contributed by atoms with Crippen LogP contribution in [0.4, 0.5) is 5.82 Å². The van der Waals surface area contributed by atoms with Crippen LogP contribution < -0.4 is 5.32 Å². The van der Waals surface area contributed by atoms with Gasteiger partial charge in [-0.15, -0.1) is 0 Å². The maximum atomic E-state index is 11.9. The van der Waals surface area contributed by atoms with E-state index in [-0.39, 0.29) is 12.5 Å². The molecule has 6 heteroatoms. The molecular weight excluding hydrogens is 258 g/mol. The molecule has 1 fully saturated rings. The van der Waals surface area contributed by atoms with Gasteiger partial charge >= 0.3 is 5.97 Å². The van der Waals surface area contributed by atoms with Crippen molar-refractivity contribution in [2.24, 2.45) is 0 Å². The third kappa shape index (κ3) is 3.46. The summed E-state index contributed by atoms with van der Waals surface area (Å²) in [5.41, 5.74) is 0.351. The molecule has 0 aliphatic carbocycles. The molecule has 1 aliphatic heterocycles. The minimum atomic E-state index is -0.434. The Labute approximate surface area is 118 Å². The maximum Gasteiger partial charge on any atom is 0.341 e. The molecule has 1 amide bonds. The number of esters is 1. The van der Waals surface area contributed by atoms with Crippen molar-refractivity contribution in [3.05, 3.63) is 23.9 Å². The lowest BCUT2D eigenvalue weighted by atomic mass is 10.2. The first kappa shape index (κ1) is 14.3. The predicted octanol–water partition coefficient (Wildman–Crippen LogP) is 1.29. The minimum absolute atomic E-state index is 0.0305. The normalized spacial score (nSPS) is 14.2. The van der Waals surface area contributed by atoms with E-state index in [1.165, 1.54) is 0 Å². The van der Waals surface area contributed by atoms with E-state index < -0.39 is 5.97 Å². The number of carbonyl (C=O) groups excluding carboxylic acids is 2. The first-order chi connectivity index (χ1) is 9.72. The highest BCUT2D eigenvalue weighted by atomic mass is 16.5. The Morgan fingerprint density at radius 1 is 1.40 bits per heavy atom. The molecule has 1 aromatic heterocycles. The van der Waals surface area contributed by atoms with Gasteiger partial charge in [0.1, 0.15) is 11.4 Å². The van der Waals surface area contributed by atoms with Gasteiger partial charge in [0.15, 0.2) is 0 Å². The van der Waals surface area contributed by atoms with Crippen molar-refractivity contribution in [3.63, 3.8) is 0 Å². The van der Waals surface area contributed by atoms with Crippen LogP contribution in [-0.4, -0.2) is 48.0 Å². The highest BCUT2D eigenvalue weighted by Gasteiger charge is 2.19. The number of aromatic nitrogens is 1. The first-order valence-electron chi connectivity index (χ1n) is 6.86. The number of ether oxygens (including phenoxy) is 1. The Morgan fingerprint density at radius 3 is 2.85 bits per heavy atom. The van der Waals surface area contributed by atoms with E-state index >= 15 is 0 Å². The lowest BCUT2D eigenvalue weighted by Crippen LogP contribution is -2.33. The van der Waals surface area contributed by atoms with E-state index in [0.29, 0.717) is 18.0 Å². The molecule has 1 saturated heterocycles. The van der Waals surface area contributed by atoms with Gasteiger partial charge in [0.05, 0.1) is 13.2 Å². The van der Waals surface area contributed by atoms with E-state index in [4.69, 9.17) is 4.74 Å². The Morgan fingerprint density at radius 2 is 2.15 bits per heavy atom. The molecule has 0 saturated carbocycles. The molecule has 0 aromatic carbocycles. The number of amides is 1. The summed E-state index contributed by atoms with van der Waals surface area (Å²) in [6.45, 7) is 3.82. The number of hydrogen-bond acceptors (Lipinski definition) is 5. The summed E-state index contributed by atoms with van der Waals surface area (Å²) in [4.78, 5) is 29.6. The summed E-state index contributed by atoms with van der Waals surface area (Å²) in [5.74, 6) is -0.0156. The molecule has 0 bridgehead atoms. The molecule has 1 aromatic rings. The lowest BCUT2D eigenvalue weighted by molar-refractivity contribution is -0.128. The Balaban J connectivity index is 1.98. The quantitative estimate of drug-likeness (QED) is 0.821. The second-order valence-corrected chi connectivity index (χ2v) is 4.56. The molecule has 6 nitrogen and oxygen atoms in total. The second-order valence-electron chi connectivity index (χ2n) is 4.56. The third-order valence-corrected chi connectivity index (χ3v) is 3.17. The van der Waals surface area contributed by atoms with Crippen molar-refractivity contribution in [1.82, 2.24) is 9.88 Å². The average molecular weight is 277 g/mol. The number of anilines is 1. The number of hydrogen-bond donors (Lipinski definition) is 1. The fourth-order valence-electron chi connectivity index (χ4n) is 2.16. The molecule has 20 heavy (non-hydrogen) atoms. The topological polar surface area (TPSA) is 71.5 Å². The number of carbonyl (C=O) groups is 2. The van der Waals surface area contributed by atoms with Gasteiger partial charge in [-0.25, -0.2) is 9.78 Å². The SMILES string of the molecule is CCOC(=O)c1cccnc1NCC(=O)N1CCCC1. The van der Waals surface area contributed by atoms with Crippen LogP contribution in [0.2, 0.25) is 0 Å². The fourth-order valence-corrected chi connectivity index (χ4v) is 2.16. The van der Waals surface area contributed by atoms with Gasteiger partial charge in [-0.05, 0) is 31.9 Å². The molecule has 0 unspecified atom stereocenters. The Hall–Kier alpha value is -2.11. The van der Waals surface area contributed by atoms with E-state index in [9.17, 15) is 9.59 Å². The van der Waals surface area contributed by atoms with Crippen LogP contribution in [0.5, 0.6) is 0 Å². The van der Waals surface area contributed by atoms with Crippen molar-refractivity contribution < 1.29 is 14.3 Å². The average Bonchev–Trinajstić information content (AvgIpc) is 2.99. The highest BCUT2D eigenvalue weighted by Crippen LogP contribution is 2.13. The van der Waals surface area contributed by atoms with E-state index in [1.54, 1.807) is 25.3 Å². The van der Waals surface area contributed by atoms with E-state index in [1.807, 2.05) is 4.90 Å². The largest absolute Gasteiger partial charge is 0.462 e. The van der Waals surface area contributed by atoms with E-state index in [2.05, 4.69) is 10.3 Å². The number of pyridine rings is 1. The van der Waals surface area contributed by atoms with Gasteiger partial charge in [-0.3, -0.25) is 4.79 Å². The summed E-state index contributed by atoms with van der Waals surface area (Å²) in [7, 11) is 0. The standard InChI is InChI=1S/C14H19N3O3/c1-2-20-14(19)11-6-5-7-15-13(11)16-10-12(18)17-8-3-4-9-17/h5-7H,2-4,8-10H2,1H3,(H,15,16). The molecule has 0 atom stereocenters.